The smallest absolute Gasteiger partial charge is 0.331 e. The molecule has 0 saturated carbocycles. The van der Waals surface area contributed by atoms with E-state index in [2.05, 4.69) is 0 Å². The van der Waals surface area contributed by atoms with E-state index >= 15 is 0 Å². The van der Waals surface area contributed by atoms with Gasteiger partial charge in [-0.3, -0.25) is 0 Å². The third-order valence-corrected chi connectivity index (χ3v) is 3.04. The fraction of sp³-hybridized carbons (Fsp3) is 0.308. The molecule has 0 saturated heterocycles. The van der Waals surface area contributed by atoms with Crippen LogP contribution in [0, 0.1) is 0 Å². The highest BCUT2D eigenvalue weighted by atomic mass is 35.5. The van der Waals surface area contributed by atoms with Gasteiger partial charge in [-0.2, -0.15) is 0 Å². The van der Waals surface area contributed by atoms with E-state index in [1.165, 1.54) is 0 Å². The Morgan fingerprint density at radius 1 is 1.50 bits per heavy atom. The highest BCUT2D eigenvalue weighted by Crippen LogP contribution is 2.36. The summed E-state index contributed by atoms with van der Waals surface area (Å²) in [4.78, 5) is 11.4. The van der Waals surface area contributed by atoms with Gasteiger partial charge in [0.1, 0.15) is 0 Å². The number of fused-ring (bicyclic) bond motifs is 1. The van der Waals surface area contributed by atoms with Crippen LogP contribution in [-0.2, 0) is 16.0 Å². The number of halogens is 1. The van der Waals surface area contributed by atoms with Crippen molar-refractivity contribution in [2.24, 2.45) is 0 Å². The Balaban J connectivity index is 2.30. The quantitative estimate of drug-likeness (QED) is 0.582. The first-order valence-electron chi connectivity index (χ1n) is 5.37. The standard InChI is InChI=1S/C13H13ClO2/c1-2-16-13(15)8-9-6-7-11-10(9)4-3-5-12(11)14/h3-5,8H,2,6-7H2,1H3/b9-8+. The lowest BCUT2D eigenvalue weighted by molar-refractivity contribution is -0.137. The van der Waals surface area contributed by atoms with Gasteiger partial charge >= 0.3 is 5.97 Å². The number of rotatable bonds is 2. The Morgan fingerprint density at radius 3 is 3.06 bits per heavy atom. The lowest BCUT2D eigenvalue weighted by Gasteiger charge is -2.02. The summed E-state index contributed by atoms with van der Waals surface area (Å²) in [6.45, 7) is 2.21. The second-order valence-electron chi connectivity index (χ2n) is 3.69. The fourth-order valence-electron chi connectivity index (χ4n) is 1.98. The van der Waals surface area contributed by atoms with Crippen molar-refractivity contribution in [2.75, 3.05) is 6.61 Å². The van der Waals surface area contributed by atoms with Gasteiger partial charge in [0.25, 0.3) is 0 Å². The summed E-state index contributed by atoms with van der Waals surface area (Å²) in [6.07, 6.45) is 3.34. The van der Waals surface area contributed by atoms with Gasteiger partial charge in [0.05, 0.1) is 6.61 Å². The van der Waals surface area contributed by atoms with Crippen molar-refractivity contribution in [3.05, 3.63) is 40.4 Å². The highest BCUT2D eigenvalue weighted by Gasteiger charge is 2.19. The van der Waals surface area contributed by atoms with E-state index in [0.717, 1.165) is 34.6 Å². The summed E-state index contributed by atoms with van der Waals surface area (Å²) in [5.41, 5.74) is 3.25. The molecule has 1 aromatic carbocycles. The SMILES string of the molecule is CCOC(=O)/C=C1\CCc2c(Cl)cccc21. The molecule has 0 amide bonds. The molecule has 0 heterocycles. The van der Waals surface area contributed by atoms with Crippen LogP contribution >= 0.6 is 11.6 Å². The molecule has 0 radical (unpaired) electrons. The number of carbonyl (C=O) groups excluding carboxylic acids is 1. The summed E-state index contributed by atoms with van der Waals surface area (Å²) < 4.78 is 4.90. The molecule has 2 nitrogen and oxygen atoms in total. The lowest BCUT2D eigenvalue weighted by atomic mass is 10.1. The first-order valence-corrected chi connectivity index (χ1v) is 5.75. The fourth-order valence-corrected chi connectivity index (χ4v) is 2.25. The van der Waals surface area contributed by atoms with Gasteiger partial charge < -0.3 is 4.74 Å². The van der Waals surface area contributed by atoms with Crippen molar-refractivity contribution in [1.29, 1.82) is 0 Å². The van der Waals surface area contributed by atoms with Gasteiger partial charge in [-0.1, -0.05) is 23.7 Å². The topological polar surface area (TPSA) is 26.3 Å². The maximum absolute atomic E-state index is 11.4. The molecule has 1 aliphatic rings. The van der Waals surface area contributed by atoms with E-state index in [9.17, 15) is 4.79 Å². The summed E-state index contributed by atoms with van der Waals surface area (Å²) in [5, 5.41) is 0.782. The lowest BCUT2D eigenvalue weighted by Crippen LogP contribution is -2.00. The van der Waals surface area contributed by atoms with Crippen LogP contribution in [0.1, 0.15) is 24.5 Å². The number of hydrogen-bond acceptors (Lipinski definition) is 2. The highest BCUT2D eigenvalue weighted by molar-refractivity contribution is 6.31. The first-order chi connectivity index (χ1) is 7.72. The number of carbonyl (C=O) groups is 1. The average molecular weight is 237 g/mol. The molecule has 0 unspecified atom stereocenters. The molecule has 0 aliphatic heterocycles. The molecule has 0 fully saturated rings. The molecule has 0 spiro atoms. The molecule has 84 valence electrons. The van der Waals surface area contributed by atoms with Gasteiger partial charge in [-0.05, 0) is 42.5 Å². The zero-order valence-electron chi connectivity index (χ0n) is 9.13. The van der Waals surface area contributed by atoms with E-state index in [-0.39, 0.29) is 5.97 Å². The number of hydrogen-bond donors (Lipinski definition) is 0. The second-order valence-corrected chi connectivity index (χ2v) is 4.09. The Morgan fingerprint density at radius 2 is 2.31 bits per heavy atom. The maximum Gasteiger partial charge on any atom is 0.331 e. The number of ether oxygens (including phenoxy) is 1. The average Bonchev–Trinajstić information content (AvgIpc) is 2.64. The van der Waals surface area contributed by atoms with Crippen molar-refractivity contribution in [3.8, 4) is 0 Å². The summed E-state index contributed by atoms with van der Waals surface area (Å²) in [5.74, 6) is -0.273. The van der Waals surface area contributed by atoms with Crippen LogP contribution in [0.3, 0.4) is 0 Å². The third-order valence-electron chi connectivity index (χ3n) is 2.69. The normalized spacial score (nSPS) is 16.2. The predicted molar refractivity (Wildman–Crippen MR) is 64.4 cm³/mol. The van der Waals surface area contributed by atoms with Crippen LogP contribution in [0.25, 0.3) is 5.57 Å². The Bertz CT molecular complexity index is 449. The van der Waals surface area contributed by atoms with Crippen LogP contribution in [0.2, 0.25) is 5.02 Å². The van der Waals surface area contributed by atoms with Gasteiger partial charge in [-0.15, -0.1) is 0 Å². The molecule has 2 rings (SSSR count). The molecule has 3 heteroatoms. The van der Waals surface area contributed by atoms with Crippen LogP contribution in [0.5, 0.6) is 0 Å². The van der Waals surface area contributed by atoms with E-state index < -0.39 is 0 Å². The van der Waals surface area contributed by atoms with E-state index in [4.69, 9.17) is 16.3 Å². The summed E-state index contributed by atoms with van der Waals surface area (Å²) in [7, 11) is 0. The molecule has 1 aromatic rings. The second kappa shape index (κ2) is 4.71. The minimum Gasteiger partial charge on any atom is -0.463 e. The molecule has 0 N–H and O–H groups in total. The summed E-state index contributed by atoms with van der Waals surface area (Å²) >= 11 is 6.09. The molecule has 0 aromatic heterocycles. The molecule has 16 heavy (non-hydrogen) atoms. The number of allylic oxidation sites excluding steroid dienone is 1. The molecule has 1 aliphatic carbocycles. The summed E-state index contributed by atoms with van der Waals surface area (Å²) in [6, 6.07) is 5.79. The predicted octanol–water partition coefficient (Wildman–Crippen LogP) is 3.23. The van der Waals surface area contributed by atoms with Crippen LogP contribution in [-0.4, -0.2) is 12.6 Å². The molecule has 0 atom stereocenters. The van der Waals surface area contributed by atoms with Crippen LogP contribution < -0.4 is 0 Å². The van der Waals surface area contributed by atoms with E-state index in [0.29, 0.717) is 6.61 Å². The monoisotopic (exact) mass is 236 g/mol. The molecule has 0 bridgehead atoms. The van der Waals surface area contributed by atoms with Crippen molar-refractivity contribution in [2.45, 2.75) is 19.8 Å². The Hall–Kier alpha value is -1.28. The Labute approximate surface area is 99.9 Å². The maximum atomic E-state index is 11.4. The third kappa shape index (κ3) is 2.12. The van der Waals surface area contributed by atoms with E-state index in [1.807, 2.05) is 18.2 Å². The van der Waals surface area contributed by atoms with Gasteiger partial charge in [0.2, 0.25) is 0 Å². The van der Waals surface area contributed by atoms with Crippen LogP contribution in [0.4, 0.5) is 0 Å². The van der Waals surface area contributed by atoms with Gasteiger partial charge in [0.15, 0.2) is 0 Å². The number of benzene rings is 1. The number of esters is 1. The Kier molecular flexibility index (Phi) is 3.30. The van der Waals surface area contributed by atoms with Crippen molar-refractivity contribution < 1.29 is 9.53 Å². The molecular formula is C13H13ClO2. The van der Waals surface area contributed by atoms with Gasteiger partial charge in [-0.25, -0.2) is 4.79 Å². The van der Waals surface area contributed by atoms with Gasteiger partial charge in [0, 0.05) is 11.1 Å². The zero-order chi connectivity index (χ0) is 11.5. The zero-order valence-corrected chi connectivity index (χ0v) is 9.88. The van der Waals surface area contributed by atoms with Crippen molar-refractivity contribution >= 4 is 23.1 Å². The van der Waals surface area contributed by atoms with Crippen molar-refractivity contribution in [3.63, 3.8) is 0 Å². The largest absolute Gasteiger partial charge is 0.463 e. The van der Waals surface area contributed by atoms with E-state index in [1.54, 1.807) is 13.0 Å². The first kappa shape index (κ1) is 11.2. The van der Waals surface area contributed by atoms with Crippen LogP contribution in [0.15, 0.2) is 24.3 Å². The minimum absolute atomic E-state index is 0.273. The minimum atomic E-state index is -0.273. The van der Waals surface area contributed by atoms with Crippen molar-refractivity contribution in [1.82, 2.24) is 0 Å². The molecular weight excluding hydrogens is 224 g/mol.